The van der Waals surface area contributed by atoms with E-state index in [1.54, 1.807) is 18.2 Å². The van der Waals surface area contributed by atoms with Gasteiger partial charge in [-0.05, 0) is 12.1 Å². The van der Waals surface area contributed by atoms with Crippen LogP contribution in [0.3, 0.4) is 0 Å². The second kappa shape index (κ2) is 7.16. The van der Waals surface area contributed by atoms with Gasteiger partial charge in [-0.1, -0.05) is 6.07 Å². The Labute approximate surface area is 104 Å². The summed E-state index contributed by atoms with van der Waals surface area (Å²) in [5.74, 6) is -1.09. The second-order valence-electron chi connectivity index (χ2n) is 3.51. The van der Waals surface area contributed by atoms with Crippen LogP contribution in [0.25, 0.3) is 0 Å². The third kappa shape index (κ3) is 4.73. The van der Waals surface area contributed by atoms with E-state index in [4.69, 9.17) is 0 Å². The summed E-state index contributed by atoms with van der Waals surface area (Å²) >= 11 is 0. The predicted octanol–water partition coefficient (Wildman–Crippen LogP) is 0.334. The van der Waals surface area contributed by atoms with E-state index in [0.29, 0.717) is 0 Å². The summed E-state index contributed by atoms with van der Waals surface area (Å²) in [4.78, 5) is 37.5. The van der Waals surface area contributed by atoms with E-state index in [-0.39, 0.29) is 30.9 Å². The first-order valence-electron chi connectivity index (χ1n) is 5.41. The minimum Gasteiger partial charge on any atom is -0.469 e. The number of pyridine rings is 1. The molecule has 6 heteroatoms. The van der Waals surface area contributed by atoms with E-state index in [1.807, 2.05) is 0 Å². The molecule has 0 spiro atoms. The number of rotatable bonds is 6. The van der Waals surface area contributed by atoms with Crippen LogP contribution in [-0.2, 0) is 14.3 Å². The lowest BCUT2D eigenvalue weighted by Gasteiger charge is -2.03. The van der Waals surface area contributed by atoms with Gasteiger partial charge in [-0.15, -0.1) is 0 Å². The van der Waals surface area contributed by atoms with Crippen molar-refractivity contribution in [1.82, 2.24) is 10.3 Å². The number of aromatic nitrogens is 1. The lowest BCUT2D eigenvalue weighted by molar-refractivity contribution is -0.141. The fraction of sp³-hybridized carbons (Fsp3) is 0.333. The number of carbonyl (C=O) groups excluding carboxylic acids is 3. The molecular formula is C12H14N2O4. The number of carbonyl (C=O) groups is 3. The fourth-order valence-electron chi connectivity index (χ4n) is 1.20. The van der Waals surface area contributed by atoms with Gasteiger partial charge in [0.25, 0.3) is 5.91 Å². The number of methoxy groups -OCH3 is 1. The van der Waals surface area contributed by atoms with Crippen molar-refractivity contribution < 1.29 is 19.1 Å². The summed E-state index contributed by atoms with van der Waals surface area (Å²) in [7, 11) is 1.26. The van der Waals surface area contributed by atoms with Crippen molar-refractivity contribution in [2.75, 3.05) is 13.7 Å². The molecule has 1 heterocycles. The van der Waals surface area contributed by atoms with Crippen molar-refractivity contribution in [2.24, 2.45) is 0 Å². The molecule has 18 heavy (non-hydrogen) atoms. The van der Waals surface area contributed by atoms with E-state index < -0.39 is 11.9 Å². The molecule has 6 nitrogen and oxygen atoms in total. The van der Waals surface area contributed by atoms with E-state index in [9.17, 15) is 14.4 Å². The summed E-state index contributed by atoms with van der Waals surface area (Å²) in [6.07, 6.45) is 1.57. The maximum absolute atomic E-state index is 11.5. The highest BCUT2D eigenvalue weighted by atomic mass is 16.5. The quantitative estimate of drug-likeness (QED) is 0.735. The SMILES string of the molecule is COC(=O)CCC(=O)CNC(=O)c1ccccn1. The van der Waals surface area contributed by atoms with Gasteiger partial charge in [0.05, 0.1) is 20.1 Å². The zero-order valence-electron chi connectivity index (χ0n) is 10.0. The average Bonchev–Trinajstić information content (AvgIpc) is 2.42. The molecule has 0 unspecified atom stereocenters. The monoisotopic (exact) mass is 250 g/mol. The predicted molar refractivity (Wildman–Crippen MR) is 62.8 cm³/mol. The van der Waals surface area contributed by atoms with Crippen LogP contribution >= 0.6 is 0 Å². The lowest BCUT2D eigenvalue weighted by Crippen LogP contribution is -2.30. The molecule has 0 radical (unpaired) electrons. The van der Waals surface area contributed by atoms with Crippen LogP contribution < -0.4 is 5.32 Å². The Morgan fingerprint density at radius 3 is 2.67 bits per heavy atom. The normalized spacial score (nSPS) is 9.61. The summed E-state index contributed by atoms with van der Waals surface area (Å²) in [6, 6.07) is 4.92. The molecule has 0 bridgehead atoms. The van der Waals surface area contributed by atoms with Crippen LogP contribution in [0.4, 0.5) is 0 Å². The number of ketones is 1. The maximum atomic E-state index is 11.5. The molecular weight excluding hydrogens is 236 g/mol. The number of nitrogens with one attached hydrogen (secondary N) is 1. The molecule has 0 saturated heterocycles. The van der Waals surface area contributed by atoms with Crippen LogP contribution in [0.1, 0.15) is 23.3 Å². The summed E-state index contributed by atoms with van der Waals surface area (Å²) < 4.78 is 4.41. The summed E-state index contributed by atoms with van der Waals surface area (Å²) in [6.45, 7) is -0.119. The molecule has 0 aliphatic rings. The minimum absolute atomic E-state index is 0.0226. The number of Topliss-reactive ketones (excluding diaryl/α,β-unsaturated/α-hetero) is 1. The van der Waals surface area contributed by atoms with Gasteiger partial charge >= 0.3 is 5.97 Å². The molecule has 1 N–H and O–H groups in total. The smallest absolute Gasteiger partial charge is 0.305 e. The standard InChI is InChI=1S/C12H14N2O4/c1-18-11(16)6-5-9(15)8-14-12(17)10-4-2-3-7-13-10/h2-4,7H,5-6,8H2,1H3,(H,14,17). The average molecular weight is 250 g/mol. The Hall–Kier alpha value is -2.24. The molecule has 0 aliphatic heterocycles. The van der Waals surface area contributed by atoms with Crippen molar-refractivity contribution in [2.45, 2.75) is 12.8 Å². The minimum atomic E-state index is -0.445. The van der Waals surface area contributed by atoms with Gasteiger partial charge in [-0.2, -0.15) is 0 Å². The largest absolute Gasteiger partial charge is 0.469 e. The van der Waals surface area contributed by atoms with Gasteiger partial charge < -0.3 is 10.1 Å². The number of esters is 1. The van der Waals surface area contributed by atoms with Gasteiger partial charge in [0.15, 0.2) is 5.78 Å². The molecule has 1 rings (SSSR count). The fourth-order valence-corrected chi connectivity index (χ4v) is 1.20. The Balaban J connectivity index is 2.31. The Morgan fingerprint density at radius 2 is 2.06 bits per heavy atom. The van der Waals surface area contributed by atoms with Crippen LogP contribution in [0.2, 0.25) is 0 Å². The second-order valence-corrected chi connectivity index (χ2v) is 3.51. The van der Waals surface area contributed by atoms with Crippen LogP contribution in [0.5, 0.6) is 0 Å². The first kappa shape index (κ1) is 13.8. The number of nitrogens with zero attached hydrogens (tertiary/aromatic N) is 1. The highest BCUT2D eigenvalue weighted by Crippen LogP contribution is 1.95. The number of hydrogen-bond donors (Lipinski definition) is 1. The van der Waals surface area contributed by atoms with E-state index in [1.165, 1.54) is 13.3 Å². The number of ether oxygens (including phenoxy) is 1. The molecule has 96 valence electrons. The van der Waals surface area contributed by atoms with Crippen LogP contribution in [0.15, 0.2) is 24.4 Å². The third-order valence-electron chi connectivity index (χ3n) is 2.18. The lowest BCUT2D eigenvalue weighted by atomic mass is 10.2. The van der Waals surface area contributed by atoms with E-state index in [2.05, 4.69) is 15.0 Å². The van der Waals surface area contributed by atoms with E-state index in [0.717, 1.165) is 0 Å². The molecule has 0 saturated carbocycles. The van der Waals surface area contributed by atoms with Crippen molar-refractivity contribution in [3.05, 3.63) is 30.1 Å². The first-order chi connectivity index (χ1) is 8.63. The molecule has 0 atom stereocenters. The Kier molecular flexibility index (Phi) is 5.50. The maximum Gasteiger partial charge on any atom is 0.305 e. The zero-order valence-corrected chi connectivity index (χ0v) is 10.0. The van der Waals surface area contributed by atoms with Gasteiger partial charge in [0.1, 0.15) is 5.69 Å². The molecule has 1 aromatic heterocycles. The topological polar surface area (TPSA) is 85.4 Å². The van der Waals surface area contributed by atoms with Crippen LogP contribution in [0, 0.1) is 0 Å². The molecule has 0 aromatic carbocycles. The summed E-state index contributed by atoms with van der Waals surface area (Å²) in [5.41, 5.74) is 0.248. The Bertz CT molecular complexity index is 431. The van der Waals surface area contributed by atoms with Crippen molar-refractivity contribution in [3.63, 3.8) is 0 Å². The van der Waals surface area contributed by atoms with Gasteiger partial charge in [-0.3, -0.25) is 19.4 Å². The van der Waals surface area contributed by atoms with Crippen LogP contribution in [-0.4, -0.2) is 36.3 Å². The highest BCUT2D eigenvalue weighted by Gasteiger charge is 2.10. The summed E-state index contributed by atoms with van der Waals surface area (Å²) in [5, 5.41) is 2.44. The molecule has 1 amide bonds. The van der Waals surface area contributed by atoms with Crippen molar-refractivity contribution in [3.8, 4) is 0 Å². The van der Waals surface area contributed by atoms with Crippen molar-refractivity contribution >= 4 is 17.7 Å². The third-order valence-corrected chi connectivity index (χ3v) is 2.18. The highest BCUT2D eigenvalue weighted by molar-refractivity contribution is 5.95. The first-order valence-corrected chi connectivity index (χ1v) is 5.41. The number of hydrogen-bond acceptors (Lipinski definition) is 5. The van der Waals surface area contributed by atoms with Gasteiger partial charge in [0.2, 0.25) is 0 Å². The van der Waals surface area contributed by atoms with Crippen molar-refractivity contribution in [1.29, 1.82) is 0 Å². The molecule has 0 aliphatic carbocycles. The molecule has 1 aromatic rings. The zero-order chi connectivity index (χ0) is 13.4. The van der Waals surface area contributed by atoms with Gasteiger partial charge in [0, 0.05) is 12.6 Å². The Morgan fingerprint density at radius 1 is 1.28 bits per heavy atom. The number of amides is 1. The molecule has 0 fully saturated rings. The van der Waals surface area contributed by atoms with Gasteiger partial charge in [-0.25, -0.2) is 0 Å². The van der Waals surface area contributed by atoms with E-state index >= 15 is 0 Å².